The zero-order valence-corrected chi connectivity index (χ0v) is 9.90. The summed E-state index contributed by atoms with van der Waals surface area (Å²) in [6.45, 7) is 5.82. The van der Waals surface area contributed by atoms with E-state index < -0.39 is 5.97 Å². The van der Waals surface area contributed by atoms with Gasteiger partial charge in [0, 0.05) is 4.90 Å². The molecule has 84 valence electrons. The summed E-state index contributed by atoms with van der Waals surface area (Å²) in [5, 5.41) is 8.42. The fourth-order valence-corrected chi connectivity index (χ4v) is 1.64. The van der Waals surface area contributed by atoms with Crippen LogP contribution in [0.3, 0.4) is 0 Å². The zero-order valence-electron chi connectivity index (χ0n) is 9.08. The van der Waals surface area contributed by atoms with Crippen molar-refractivity contribution in [2.75, 3.05) is 5.75 Å². The van der Waals surface area contributed by atoms with Crippen LogP contribution in [0.25, 0.3) is 0 Å². The molecule has 4 heteroatoms. The fraction of sp³-hybridized carbons (Fsp3) is 0.364. The Morgan fingerprint density at radius 2 is 2.07 bits per heavy atom. The van der Waals surface area contributed by atoms with E-state index in [1.165, 1.54) is 12.1 Å². The molecule has 0 atom stereocenters. The van der Waals surface area contributed by atoms with Gasteiger partial charge in [0.2, 0.25) is 0 Å². The van der Waals surface area contributed by atoms with Crippen molar-refractivity contribution in [2.45, 2.75) is 25.7 Å². The predicted octanol–water partition coefficient (Wildman–Crippen LogP) is 3.34. The molecule has 2 nitrogen and oxygen atoms in total. The van der Waals surface area contributed by atoms with Crippen LogP contribution in [0.15, 0.2) is 23.1 Å². The van der Waals surface area contributed by atoms with Crippen LogP contribution in [0, 0.1) is 12.7 Å². The first-order valence-electron chi connectivity index (χ1n) is 4.70. The standard InChI is InChI=1S/C9H9FO2S.C2H6/c1-6-2-3-7(10)4-8(6)13-5-9(11)12;1-2/h2-4H,5H2,1H3,(H,11,12);1-2H3. The molecule has 0 unspecified atom stereocenters. The highest BCUT2D eigenvalue weighted by atomic mass is 32.2. The molecule has 0 aliphatic rings. The number of benzene rings is 1. The zero-order chi connectivity index (χ0) is 11.8. The fourth-order valence-electron chi connectivity index (χ4n) is 0.869. The van der Waals surface area contributed by atoms with E-state index in [4.69, 9.17) is 5.11 Å². The molecule has 0 amide bonds. The van der Waals surface area contributed by atoms with E-state index in [1.54, 1.807) is 6.07 Å². The molecule has 0 aromatic heterocycles. The number of hydrogen-bond donors (Lipinski definition) is 1. The van der Waals surface area contributed by atoms with Crippen molar-refractivity contribution in [1.29, 1.82) is 0 Å². The minimum absolute atomic E-state index is 0.0374. The molecule has 0 aliphatic heterocycles. The molecular formula is C11H15FO2S. The first-order valence-corrected chi connectivity index (χ1v) is 5.69. The number of hydrogen-bond acceptors (Lipinski definition) is 2. The van der Waals surface area contributed by atoms with Crippen molar-refractivity contribution in [3.05, 3.63) is 29.6 Å². The minimum Gasteiger partial charge on any atom is -0.481 e. The lowest BCUT2D eigenvalue weighted by Crippen LogP contribution is -1.98. The Labute approximate surface area is 93.5 Å². The van der Waals surface area contributed by atoms with Crippen LogP contribution in [0.2, 0.25) is 0 Å². The second-order valence-corrected chi connectivity index (χ2v) is 3.61. The third kappa shape index (κ3) is 5.42. The average molecular weight is 230 g/mol. The Balaban J connectivity index is 0.000000921. The number of aliphatic carboxylic acids is 1. The number of carboxylic acid groups (broad SMARTS) is 1. The molecule has 1 aromatic carbocycles. The van der Waals surface area contributed by atoms with Gasteiger partial charge in [-0.1, -0.05) is 19.9 Å². The largest absolute Gasteiger partial charge is 0.481 e. The maximum atomic E-state index is 12.7. The maximum Gasteiger partial charge on any atom is 0.313 e. The SMILES string of the molecule is CC.Cc1ccc(F)cc1SCC(=O)O. The molecule has 0 saturated heterocycles. The van der Waals surface area contributed by atoms with E-state index >= 15 is 0 Å². The summed E-state index contributed by atoms with van der Waals surface area (Å²) >= 11 is 1.13. The summed E-state index contributed by atoms with van der Waals surface area (Å²) in [4.78, 5) is 10.9. The number of halogens is 1. The van der Waals surface area contributed by atoms with E-state index in [1.807, 2.05) is 20.8 Å². The summed E-state index contributed by atoms with van der Waals surface area (Å²) in [5.41, 5.74) is 0.896. The topological polar surface area (TPSA) is 37.3 Å². The van der Waals surface area contributed by atoms with Gasteiger partial charge >= 0.3 is 5.97 Å². The molecule has 15 heavy (non-hydrogen) atoms. The van der Waals surface area contributed by atoms with Crippen molar-refractivity contribution in [3.63, 3.8) is 0 Å². The predicted molar refractivity (Wildman–Crippen MR) is 60.8 cm³/mol. The molecule has 0 aliphatic carbocycles. The monoisotopic (exact) mass is 230 g/mol. The Bertz CT molecular complexity index is 326. The van der Waals surface area contributed by atoms with Crippen LogP contribution in [0.4, 0.5) is 4.39 Å². The van der Waals surface area contributed by atoms with E-state index in [-0.39, 0.29) is 11.6 Å². The summed E-state index contributed by atoms with van der Waals surface area (Å²) < 4.78 is 12.7. The van der Waals surface area contributed by atoms with Crippen LogP contribution in [0.1, 0.15) is 19.4 Å². The van der Waals surface area contributed by atoms with Gasteiger partial charge in [-0.15, -0.1) is 11.8 Å². The normalized spacial score (nSPS) is 9.07. The molecule has 1 rings (SSSR count). The first-order chi connectivity index (χ1) is 7.09. The second-order valence-electron chi connectivity index (χ2n) is 2.59. The molecule has 0 fully saturated rings. The quantitative estimate of drug-likeness (QED) is 0.809. The molecule has 0 saturated carbocycles. The Morgan fingerprint density at radius 1 is 1.47 bits per heavy atom. The highest BCUT2D eigenvalue weighted by molar-refractivity contribution is 8.00. The third-order valence-electron chi connectivity index (χ3n) is 1.50. The van der Waals surface area contributed by atoms with Crippen molar-refractivity contribution in [2.24, 2.45) is 0 Å². The van der Waals surface area contributed by atoms with Crippen LogP contribution in [-0.2, 0) is 4.79 Å². The van der Waals surface area contributed by atoms with Crippen molar-refractivity contribution < 1.29 is 14.3 Å². The van der Waals surface area contributed by atoms with Crippen molar-refractivity contribution in [1.82, 2.24) is 0 Å². The van der Waals surface area contributed by atoms with Crippen LogP contribution in [0.5, 0.6) is 0 Å². The molecule has 1 aromatic rings. The number of carbonyl (C=O) groups is 1. The van der Waals surface area contributed by atoms with Gasteiger partial charge in [-0.3, -0.25) is 4.79 Å². The third-order valence-corrected chi connectivity index (χ3v) is 2.64. The Hall–Kier alpha value is -1.03. The van der Waals surface area contributed by atoms with Gasteiger partial charge in [0.25, 0.3) is 0 Å². The van der Waals surface area contributed by atoms with E-state index in [0.29, 0.717) is 4.90 Å². The highest BCUT2D eigenvalue weighted by Gasteiger charge is 2.03. The average Bonchev–Trinajstić information content (AvgIpc) is 2.22. The Morgan fingerprint density at radius 3 is 2.60 bits per heavy atom. The summed E-state index contributed by atoms with van der Waals surface area (Å²) in [7, 11) is 0. The molecular weight excluding hydrogens is 215 g/mol. The molecule has 0 spiro atoms. The lowest BCUT2D eigenvalue weighted by Gasteiger charge is -2.02. The summed E-state index contributed by atoms with van der Waals surface area (Å²) in [6.07, 6.45) is 0. The smallest absolute Gasteiger partial charge is 0.313 e. The van der Waals surface area contributed by atoms with Crippen LogP contribution < -0.4 is 0 Å². The molecule has 0 bridgehead atoms. The van der Waals surface area contributed by atoms with Gasteiger partial charge in [-0.2, -0.15) is 0 Å². The van der Waals surface area contributed by atoms with E-state index in [0.717, 1.165) is 17.3 Å². The number of rotatable bonds is 3. The maximum absolute atomic E-state index is 12.7. The van der Waals surface area contributed by atoms with Crippen LogP contribution in [-0.4, -0.2) is 16.8 Å². The van der Waals surface area contributed by atoms with Gasteiger partial charge < -0.3 is 5.11 Å². The summed E-state index contributed by atoms with van der Waals surface area (Å²) in [5.74, 6) is -1.27. The lowest BCUT2D eigenvalue weighted by molar-refractivity contribution is -0.133. The van der Waals surface area contributed by atoms with Gasteiger partial charge in [0.05, 0.1) is 5.75 Å². The first kappa shape index (κ1) is 14.0. The van der Waals surface area contributed by atoms with Crippen molar-refractivity contribution >= 4 is 17.7 Å². The van der Waals surface area contributed by atoms with E-state index in [2.05, 4.69) is 0 Å². The van der Waals surface area contributed by atoms with Gasteiger partial charge in [0.1, 0.15) is 5.82 Å². The molecule has 0 heterocycles. The molecule has 0 radical (unpaired) electrons. The number of carboxylic acids is 1. The van der Waals surface area contributed by atoms with E-state index in [9.17, 15) is 9.18 Å². The van der Waals surface area contributed by atoms with Crippen molar-refractivity contribution in [3.8, 4) is 0 Å². The minimum atomic E-state index is -0.895. The van der Waals surface area contributed by atoms with Gasteiger partial charge in [0.15, 0.2) is 0 Å². The summed E-state index contributed by atoms with van der Waals surface area (Å²) in [6, 6.07) is 4.35. The van der Waals surface area contributed by atoms with Gasteiger partial charge in [-0.05, 0) is 24.6 Å². The second kappa shape index (κ2) is 7.29. The van der Waals surface area contributed by atoms with Crippen LogP contribution >= 0.6 is 11.8 Å². The van der Waals surface area contributed by atoms with Gasteiger partial charge in [-0.25, -0.2) is 4.39 Å². The highest BCUT2D eigenvalue weighted by Crippen LogP contribution is 2.22. The molecule has 1 N–H and O–H groups in total. The number of thioether (sulfide) groups is 1. The lowest BCUT2D eigenvalue weighted by atomic mass is 10.2. The Kier molecular flexibility index (Phi) is 6.79. The number of aryl methyl sites for hydroxylation is 1.